The van der Waals surface area contributed by atoms with Gasteiger partial charge in [0.15, 0.2) is 23.0 Å². The fourth-order valence-corrected chi connectivity index (χ4v) is 8.25. The Balaban J connectivity index is 1.57. The molecule has 11 nitrogen and oxygen atoms in total. The summed E-state index contributed by atoms with van der Waals surface area (Å²) in [7, 11) is 8.36. The topological polar surface area (TPSA) is 133 Å². The molecule has 1 aromatic heterocycles. The summed E-state index contributed by atoms with van der Waals surface area (Å²) in [5, 5.41) is 38.0. The number of nitrogens with zero attached hydrogens (tertiary/aromatic N) is 4. The number of hydrogen-bond donors (Lipinski definition) is 3. The van der Waals surface area contributed by atoms with Crippen molar-refractivity contribution in [2.75, 3.05) is 42.0 Å². The number of pyridine rings is 1. The van der Waals surface area contributed by atoms with Crippen LogP contribution in [0.5, 0.6) is 34.5 Å². The summed E-state index contributed by atoms with van der Waals surface area (Å²) in [6.07, 6.45) is 2.72. The highest BCUT2D eigenvalue weighted by atomic mass is 16.5. The Labute approximate surface area is 263 Å². The number of methoxy groups -OCH3 is 4. The smallest absolute Gasteiger partial charge is 0.167 e. The predicted octanol–water partition coefficient (Wildman–Crippen LogP) is 3.71. The van der Waals surface area contributed by atoms with E-state index in [9.17, 15) is 15.5 Å². The highest BCUT2D eigenvalue weighted by Crippen LogP contribution is 2.58. The van der Waals surface area contributed by atoms with Gasteiger partial charge in [0.25, 0.3) is 0 Å². The van der Waals surface area contributed by atoms with Gasteiger partial charge in [0.05, 0.1) is 52.3 Å². The summed E-state index contributed by atoms with van der Waals surface area (Å²) in [6.45, 7) is 4.68. The van der Waals surface area contributed by atoms with E-state index in [-0.39, 0.29) is 29.6 Å². The van der Waals surface area contributed by atoms with Crippen LogP contribution in [0, 0.1) is 25.2 Å². The Kier molecular flexibility index (Phi) is 8.16. The molecule has 0 aliphatic carbocycles. The van der Waals surface area contributed by atoms with Crippen LogP contribution < -0.4 is 24.3 Å². The first-order valence-corrected chi connectivity index (χ1v) is 15.2. The van der Waals surface area contributed by atoms with Crippen molar-refractivity contribution in [3.05, 3.63) is 63.5 Å². The quantitative estimate of drug-likeness (QED) is 0.343. The van der Waals surface area contributed by atoms with Gasteiger partial charge in [-0.3, -0.25) is 14.8 Å². The Morgan fingerprint density at radius 1 is 0.889 bits per heavy atom. The number of ether oxygens (including phenoxy) is 4. The molecule has 0 unspecified atom stereocenters. The minimum Gasteiger partial charge on any atom is -0.504 e. The number of rotatable bonds is 8. The van der Waals surface area contributed by atoms with Crippen LogP contribution in [0.3, 0.4) is 0 Å². The molecule has 4 heterocycles. The molecule has 1 fully saturated rings. The van der Waals surface area contributed by atoms with Gasteiger partial charge in [-0.2, -0.15) is 5.26 Å². The Hall–Kier alpha value is -4.24. The first kappa shape index (κ1) is 30.8. The number of nitriles is 1. The number of aromatic nitrogens is 1. The van der Waals surface area contributed by atoms with Crippen LogP contribution in [-0.2, 0) is 19.4 Å². The first-order valence-electron chi connectivity index (χ1n) is 15.2. The molecule has 5 atom stereocenters. The third-order valence-corrected chi connectivity index (χ3v) is 10.0. The summed E-state index contributed by atoms with van der Waals surface area (Å²) >= 11 is 0. The Morgan fingerprint density at radius 3 is 2.02 bits per heavy atom. The van der Waals surface area contributed by atoms with Gasteiger partial charge in [0.2, 0.25) is 0 Å². The molecule has 3 N–H and O–H groups in total. The third kappa shape index (κ3) is 4.54. The lowest BCUT2D eigenvalue weighted by atomic mass is 9.71. The van der Waals surface area contributed by atoms with Gasteiger partial charge in [0.1, 0.15) is 17.5 Å². The number of fused-ring (bicyclic) bond motifs is 7. The van der Waals surface area contributed by atoms with Crippen LogP contribution >= 0.6 is 0 Å². The maximum Gasteiger partial charge on any atom is 0.167 e. The zero-order chi connectivity index (χ0) is 32.2. The van der Waals surface area contributed by atoms with Crippen molar-refractivity contribution in [3.8, 4) is 40.6 Å². The van der Waals surface area contributed by atoms with E-state index in [0.717, 1.165) is 27.9 Å². The van der Waals surface area contributed by atoms with Crippen molar-refractivity contribution in [2.24, 2.45) is 0 Å². The van der Waals surface area contributed by atoms with Crippen molar-refractivity contribution < 1.29 is 29.2 Å². The molecule has 2 aromatic carbocycles. The van der Waals surface area contributed by atoms with Crippen LogP contribution in [0.2, 0.25) is 0 Å². The third-order valence-electron chi connectivity index (χ3n) is 10.0. The summed E-state index contributed by atoms with van der Waals surface area (Å²) in [6, 6.07) is 6.67. The van der Waals surface area contributed by atoms with Gasteiger partial charge in [-0.15, -0.1) is 0 Å². The summed E-state index contributed by atoms with van der Waals surface area (Å²) in [4.78, 5) is 8.91. The molecule has 45 heavy (non-hydrogen) atoms. The lowest BCUT2D eigenvalue weighted by Crippen LogP contribution is -2.68. The Bertz CT molecular complexity index is 1660. The van der Waals surface area contributed by atoms with Gasteiger partial charge in [0, 0.05) is 64.8 Å². The average molecular weight is 616 g/mol. The number of aromatic hydroxyl groups is 2. The number of phenols is 2. The average Bonchev–Trinajstić information content (AvgIpc) is 3.03. The number of phenolic OH excluding ortho intramolecular Hbond substituents is 2. The molecule has 0 radical (unpaired) electrons. The molecular weight excluding hydrogens is 574 g/mol. The molecule has 0 spiro atoms. The van der Waals surface area contributed by atoms with E-state index < -0.39 is 12.1 Å². The molecule has 0 amide bonds. The van der Waals surface area contributed by atoms with Gasteiger partial charge >= 0.3 is 0 Å². The minimum atomic E-state index is -0.536. The molecule has 238 valence electrons. The van der Waals surface area contributed by atoms with Crippen LogP contribution in [-0.4, -0.2) is 85.2 Å². The molecule has 3 aliphatic rings. The highest BCUT2D eigenvalue weighted by molar-refractivity contribution is 5.67. The standard InChI is InChI=1S/C34H41N5O6/c1-17-31(42-4)20-13-23-28-27-21(32(43-5)18(2)34(45-7)30(27)41)12-22(38(28)3)24(14-35)39(23)25(26(20)29(40)33(17)44-6)16-36-15-19-10-8-9-11-37-19/h8-11,22-25,28,36,40-41H,12-13,15-16H2,1-7H3/t22-,23-,24-,25-,28-/m0/s1. The van der Waals surface area contributed by atoms with Gasteiger partial charge in [-0.25, -0.2) is 0 Å². The fraction of sp³-hybridized carbons (Fsp3) is 0.471. The minimum absolute atomic E-state index is 0.0527. The van der Waals surface area contributed by atoms with Crippen molar-refractivity contribution in [3.63, 3.8) is 0 Å². The van der Waals surface area contributed by atoms with Gasteiger partial charge < -0.3 is 34.5 Å². The molecule has 2 bridgehead atoms. The second-order valence-corrected chi connectivity index (χ2v) is 12.0. The zero-order valence-electron chi connectivity index (χ0n) is 26.8. The van der Waals surface area contributed by atoms with E-state index >= 15 is 0 Å². The first-order chi connectivity index (χ1) is 21.7. The lowest BCUT2D eigenvalue weighted by Gasteiger charge is -2.60. The predicted molar refractivity (Wildman–Crippen MR) is 167 cm³/mol. The number of nitrogens with one attached hydrogen (secondary N) is 1. The van der Waals surface area contributed by atoms with E-state index in [4.69, 9.17) is 18.9 Å². The normalized spacial score (nSPS) is 23.7. The Morgan fingerprint density at radius 2 is 1.47 bits per heavy atom. The maximum absolute atomic E-state index is 11.8. The number of hydrogen-bond acceptors (Lipinski definition) is 11. The van der Waals surface area contributed by atoms with Gasteiger partial charge in [-0.05, 0) is 45.9 Å². The molecular formula is C34H41N5O6. The largest absolute Gasteiger partial charge is 0.504 e. The molecule has 6 rings (SSSR count). The number of likely N-dealkylation sites (N-methyl/N-ethyl adjacent to an activating group) is 1. The van der Waals surface area contributed by atoms with Crippen LogP contribution in [0.4, 0.5) is 0 Å². The van der Waals surface area contributed by atoms with Crippen molar-refractivity contribution >= 4 is 0 Å². The molecule has 11 heteroatoms. The number of benzene rings is 2. The second kappa shape index (κ2) is 11.9. The molecule has 3 aromatic rings. The van der Waals surface area contributed by atoms with Crippen molar-refractivity contribution in [2.45, 2.75) is 63.4 Å². The fourth-order valence-electron chi connectivity index (χ4n) is 8.25. The summed E-state index contributed by atoms with van der Waals surface area (Å²) in [5.74, 6) is 2.20. The van der Waals surface area contributed by atoms with E-state index in [2.05, 4.69) is 26.2 Å². The van der Waals surface area contributed by atoms with E-state index in [1.165, 1.54) is 7.11 Å². The number of piperazine rings is 1. The highest BCUT2D eigenvalue weighted by Gasteiger charge is 2.57. The monoisotopic (exact) mass is 615 g/mol. The SMILES string of the molecule is COc1c(C)c(OC)c2c(c1O)[C@@H]1[C@@H]3Cc4c(OC)c(C)c(OC)c(O)c4[C@H](CNCc4ccccn4)N3[C@@H](C#N)[C@H](C2)N1C. The second-order valence-electron chi connectivity index (χ2n) is 12.0. The zero-order valence-corrected chi connectivity index (χ0v) is 26.8. The summed E-state index contributed by atoms with van der Waals surface area (Å²) < 4.78 is 23.3. The van der Waals surface area contributed by atoms with Crippen molar-refractivity contribution in [1.82, 2.24) is 20.1 Å². The van der Waals surface area contributed by atoms with Crippen LogP contribution in [0.1, 0.15) is 51.2 Å². The maximum atomic E-state index is 11.8. The molecule has 3 aliphatic heterocycles. The van der Waals surface area contributed by atoms with Crippen LogP contribution in [0.15, 0.2) is 24.4 Å². The van der Waals surface area contributed by atoms with Crippen molar-refractivity contribution in [1.29, 1.82) is 5.26 Å². The van der Waals surface area contributed by atoms with Gasteiger partial charge in [-0.1, -0.05) is 6.07 Å². The lowest BCUT2D eigenvalue weighted by molar-refractivity contribution is -0.0729. The van der Waals surface area contributed by atoms with Crippen LogP contribution in [0.25, 0.3) is 0 Å². The summed E-state index contributed by atoms with van der Waals surface area (Å²) in [5.41, 5.74) is 5.51. The molecule has 0 saturated carbocycles. The van der Waals surface area contributed by atoms with E-state index in [1.54, 1.807) is 27.5 Å². The van der Waals surface area contributed by atoms with E-state index in [0.29, 0.717) is 60.1 Å². The molecule has 1 saturated heterocycles. The van der Waals surface area contributed by atoms with E-state index in [1.807, 2.05) is 39.1 Å².